The number of likely N-dealkylation sites (tertiary alicyclic amines) is 1. The number of H-pyrrole nitrogens is 1. The van der Waals surface area contributed by atoms with Gasteiger partial charge in [-0.3, -0.25) is 4.90 Å². The summed E-state index contributed by atoms with van der Waals surface area (Å²) in [6, 6.07) is 19.5. The topological polar surface area (TPSA) is 56.8 Å². The number of hydrogen-bond donors (Lipinski definition) is 2. The molecule has 5 nitrogen and oxygen atoms in total. The maximum Gasteiger partial charge on any atom is 0.143 e. The zero-order chi connectivity index (χ0) is 20.3. The van der Waals surface area contributed by atoms with Gasteiger partial charge in [-0.1, -0.05) is 54.1 Å². The van der Waals surface area contributed by atoms with Crippen LogP contribution < -0.4 is 5.32 Å². The van der Waals surface area contributed by atoms with Crippen molar-refractivity contribution in [3.63, 3.8) is 0 Å². The Balaban J connectivity index is 1.35. The Morgan fingerprint density at radius 1 is 0.967 bits per heavy atom. The molecule has 0 amide bonds. The van der Waals surface area contributed by atoms with Crippen molar-refractivity contribution < 1.29 is 0 Å². The van der Waals surface area contributed by atoms with E-state index >= 15 is 0 Å². The standard InChI is InChI=1S/C25H27N5/c1-18-5-4-6-20(13-18)15-26-24-22-14-23(29-25(22)28-17-27-24)21-9-7-19(8-10-21)16-30-11-2-3-12-30/h4-10,13-14,17H,2-3,11-12,15-16H2,1H3,(H2,26,27,28,29). The minimum atomic E-state index is 0.736. The molecule has 5 heteroatoms. The molecule has 30 heavy (non-hydrogen) atoms. The lowest BCUT2D eigenvalue weighted by Gasteiger charge is -2.14. The highest BCUT2D eigenvalue weighted by molar-refractivity contribution is 5.91. The predicted molar refractivity (Wildman–Crippen MR) is 122 cm³/mol. The third kappa shape index (κ3) is 4.07. The summed E-state index contributed by atoms with van der Waals surface area (Å²) in [4.78, 5) is 14.9. The van der Waals surface area contributed by atoms with Crippen molar-refractivity contribution in [2.45, 2.75) is 32.9 Å². The van der Waals surface area contributed by atoms with E-state index in [2.05, 4.69) is 86.7 Å². The third-order valence-corrected chi connectivity index (χ3v) is 5.84. The van der Waals surface area contributed by atoms with E-state index in [1.54, 1.807) is 6.33 Å². The first-order valence-corrected chi connectivity index (χ1v) is 10.7. The van der Waals surface area contributed by atoms with Crippen LogP contribution >= 0.6 is 0 Å². The van der Waals surface area contributed by atoms with E-state index in [-0.39, 0.29) is 0 Å². The number of anilines is 1. The van der Waals surface area contributed by atoms with Crippen molar-refractivity contribution in [2.75, 3.05) is 18.4 Å². The Hall–Kier alpha value is -3.18. The number of aromatic nitrogens is 3. The van der Waals surface area contributed by atoms with Crippen LogP contribution in [0.2, 0.25) is 0 Å². The van der Waals surface area contributed by atoms with Gasteiger partial charge in [0.1, 0.15) is 17.8 Å². The van der Waals surface area contributed by atoms with Gasteiger partial charge in [-0.05, 0) is 55.6 Å². The fourth-order valence-electron chi connectivity index (χ4n) is 4.23. The van der Waals surface area contributed by atoms with Gasteiger partial charge in [-0.15, -0.1) is 0 Å². The number of hydrogen-bond acceptors (Lipinski definition) is 4. The maximum absolute atomic E-state index is 4.48. The SMILES string of the molecule is Cc1cccc(CNc2ncnc3[nH]c(-c4ccc(CN5CCCC5)cc4)cc23)c1. The second kappa shape index (κ2) is 8.28. The molecule has 0 aliphatic carbocycles. The van der Waals surface area contributed by atoms with Crippen LogP contribution in [0.25, 0.3) is 22.3 Å². The zero-order valence-corrected chi connectivity index (χ0v) is 17.4. The van der Waals surface area contributed by atoms with E-state index in [9.17, 15) is 0 Å². The average molecular weight is 398 g/mol. The van der Waals surface area contributed by atoms with Crippen molar-refractivity contribution in [1.29, 1.82) is 0 Å². The van der Waals surface area contributed by atoms with Crippen LogP contribution in [0.3, 0.4) is 0 Å². The molecular weight excluding hydrogens is 370 g/mol. The minimum absolute atomic E-state index is 0.736. The fourth-order valence-corrected chi connectivity index (χ4v) is 4.23. The summed E-state index contributed by atoms with van der Waals surface area (Å²) in [7, 11) is 0. The molecule has 152 valence electrons. The predicted octanol–water partition coefficient (Wildman–Crippen LogP) is 5.14. The molecule has 0 bridgehead atoms. The van der Waals surface area contributed by atoms with Crippen molar-refractivity contribution in [3.05, 3.63) is 77.6 Å². The molecule has 5 rings (SSSR count). The zero-order valence-electron chi connectivity index (χ0n) is 17.4. The van der Waals surface area contributed by atoms with Crippen molar-refractivity contribution >= 4 is 16.9 Å². The Morgan fingerprint density at radius 3 is 2.60 bits per heavy atom. The molecule has 0 unspecified atom stereocenters. The molecule has 1 fully saturated rings. The summed E-state index contributed by atoms with van der Waals surface area (Å²) < 4.78 is 0. The summed E-state index contributed by atoms with van der Waals surface area (Å²) in [6.45, 7) is 6.34. The Bertz CT molecular complexity index is 1140. The van der Waals surface area contributed by atoms with E-state index in [0.717, 1.165) is 35.6 Å². The highest BCUT2D eigenvalue weighted by atomic mass is 15.1. The van der Waals surface area contributed by atoms with E-state index in [4.69, 9.17) is 0 Å². The van der Waals surface area contributed by atoms with Crippen molar-refractivity contribution in [1.82, 2.24) is 19.9 Å². The van der Waals surface area contributed by atoms with Gasteiger partial charge in [0, 0.05) is 18.8 Å². The molecule has 2 N–H and O–H groups in total. The average Bonchev–Trinajstić information content (AvgIpc) is 3.43. The molecular formula is C25H27N5. The van der Waals surface area contributed by atoms with E-state index < -0.39 is 0 Å². The van der Waals surface area contributed by atoms with Crippen LogP contribution in [0.4, 0.5) is 5.82 Å². The van der Waals surface area contributed by atoms with Gasteiger partial charge in [0.2, 0.25) is 0 Å². The maximum atomic E-state index is 4.48. The molecule has 4 aromatic rings. The van der Waals surface area contributed by atoms with Gasteiger partial charge in [-0.25, -0.2) is 9.97 Å². The lowest BCUT2D eigenvalue weighted by molar-refractivity contribution is 0.331. The quantitative estimate of drug-likeness (QED) is 0.473. The molecule has 0 saturated carbocycles. The molecule has 1 aliphatic heterocycles. The van der Waals surface area contributed by atoms with E-state index in [1.807, 2.05) is 0 Å². The first-order chi connectivity index (χ1) is 14.7. The smallest absolute Gasteiger partial charge is 0.143 e. The molecule has 1 saturated heterocycles. The van der Waals surface area contributed by atoms with Gasteiger partial charge in [-0.2, -0.15) is 0 Å². The highest BCUT2D eigenvalue weighted by Crippen LogP contribution is 2.27. The summed E-state index contributed by atoms with van der Waals surface area (Å²) in [6.07, 6.45) is 4.27. The number of nitrogens with zero attached hydrogens (tertiary/aromatic N) is 3. The van der Waals surface area contributed by atoms with Gasteiger partial charge >= 0.3 is 0 Å². The van der Waals surface area contributed by atoms with Crippen LogP contribution in [0.5, 0.6) is 0 Å². The highest BCUT2D eigenvalue weighted by Gasteiger charge is 2.13. The third-order valence-electron chi connectivity index (χ3n) is 5.84. The first-order valence-electron chi connectivity index (χ1n) is 10.7. The van der Waals surface area contributed by atoms with Crippen molar-refractivity contribution in [3.8, 4) is 11.3 Å². The summed E-state index contributed by atoms with van der Waals surface area (Å²) in [5.41, 5.74) is 6.97. The first kappa shape index (κ1) is 18.8. The fraction of sp³-hybridized carbons (Fsp3) is 0.280. The molecule has 3 heterocycles. The van der Waals surface area contributed by atoms with Gasteiger partial charge < -0.3 is 10.3 Å². The van der Waals surface area contributed by atoms with E-state index in [1.165, 1.54) is 48.2 Å². The Labute approximate surface area is 177 Å². The number of aryl methyl sites for hydroxylation is 1. The van der Waals surface area contributed by atoms with Gasteiger partial charge in [0.05, 0.1) is 5.39 Å². The Kier molecular flexibility index (Phi) is 5.20. The minimum Gasteiger partial charge on any atom is -0.365 e. The van der Waals surface area contributed by atoms with Crippen LogP contribution in [0, 0.1) is 6.92 Å². The Morgan fingerprint density at radius 2 is 1.80 bits per heavy atom. The van der Waals surface area contributed by atoms with Gasteiger partial charge in [0.25, 0.3) is 0 Å². The number of rotatable bonds is 6. The largest absolute Gasteiger partial charge is 0.365 e. The molecule has 0 atom stereocenters. The van der Waals surface area contributed by atoms with Crippen LogP contribution in [-0.4, -0.2) is 32.9 Å². The van der Waals surface area contributed by atoms with Gasteiger partial charge in [0.15, 0.2) is 0 Å². The van der Waals surface area contributed by atoms with Crippen LogP contribution in [0.1, 0.15) is 29.5 Å². The summed E-state index contributed by atoms with van der Waals surface area (Å²) in [5, 5.41) is 4.48. The normalized spacial score (nSPS) is 14.4. The van der Waals surface area contributed by atoms with Crippen molar-refractivity contribution in [2.24, 2.45) is 0 Å². The van der Waals surface area contributed by atoms with E-state index in [0.29, 0.717) is 0 Å². The monoisotopic (exact) mass is 397 g/mol. The second-order valence-corrected chi connectivity index (χ2v) is 8.19. The molecule has 2 aromatic carbocycles. The summed E-state index contributed by atoms with van der Waals surface area (Å²) in [5.74, 6) is 0.856. The molecule has 2 aromatic heterocycles. The molecule has 1 aliphatic rings. The summed E-state index contributed by atoms with van der Waals surface area (Å²) >= 11 is 0. The number of nitrogens with one attached hydrogen (secondary N) is 2. The lowest BCUT2D eigenvalue weighted by atomic mass is 10.1. The number of benzene rings is 2. The van der Waals surface area contributed by atoms with Crippen LogP contribution in [0.15, 0.2) is 60.9 Å². The molecule has 0 spiro atoms. The van der Waals surface area contributed by atoms with Crippen LogP contribution in [-0.2, 0) is 13.1 Å². The number of aromatic amines is 1. The second-order valence-electron chi connectivity index (χ2n) is 8.19. The lowest BCUT2D eigenvalue weighted by Crippen LogP contribution is -2.18. The number of fused-ring (bicyclic) bond motifs is 1. The molecule has 0 radical (unpaired) electrons.